The highest BCUT2D eigenvalue weighted by atomic mass is 16.6. The van der Waals surface area contributed by atoms with Gasteiger partial charge in [0.05, 0.1) is 18.8 Å². The second kappa shape index (κ2) is 6.85. The predicted octanol–water partition coefficient (Wildman–Crippen LogP) is 1.30. The molecule has 1 unspecified atom stereocenters. The van der Waals surface area contributed by atoms with E-state index in [-0.39, 0.29) is 12.1 Å². The lowest BCUT2D eigenvalue weighted by molar-refractivity contribution is -0.0810. The van der Waals surface area contributed by atoms with E-state index in [1.165, 1.54) is 0 Å². The highest BCUT2D eigenvalue weighted by Crippen LogP contribution is 2.38. The lowest BCUT2D eigenvalue weighted by Crippen LogP contribution is -2.50. The minimum absolute atomic E-state index is 0.0186. The number of anilines is 2. The molecule has 1 atom stereocenters. The van der Waals surface area contributed by atoms with Gasteiger partial charge in [0.15, 0.2) is 0 Å². The van der Waals surface area contributed by atoms with Crippen LogP contribution in [0.25, 0.3) is 11.1 Å². The van der Waals surface area contributed by atoms with Crippen molar-refractivity contribution >= 4 is 11.8 Å². The molecule has 2 fully saturated rings. The minimum Gasteiger partial charge on any atom is -0.469 e. The van der Waals surface area contributed by atoms with Crippen LogP contribution in [0.15, 0.2) is 30.3 Å². The summed E-state index contributed by atoms with van der Waals surface area (Å²) in [7, 11) is 0. The number of nitrogens with one attached hydrogen (secondary N) is 1. The summed E-state index contributed by atoms with van der Waals surface area (Å²) in [5, 5.41) is 3.41. The van der Waals surface area contributed by atoms with Gasteiger partial charge in [-0.25, -0.2) is 0 Å². The number of hydrogen-bond donors (Lipinski definition) is 2. The van der Waals surface area contributed by atoms with E-state index in [4.69, 9.17) is 15.2 Å². The first-order chi connectivity index (χ1) is 12.2. The number of benzene rings is 1. The largest absolute Gasteiger partial charge is 0.469 e. The first kappa shape index (κ1) is 16.1. The Kier molecular flexibility index (Phi) is 4.42. The van der Waals surface area contributed by atoms with Gasteiger partial charge in [0, 0.05) is 25.7 Å². The number of rotatable bonds is 4. The van der Waals surface area contributed by atoms with Gasteiger partial charge >= 0.3 is 0 Å². The van der Waals surface area contributed by atoms with Crippen molar-refractivity contribution in [2.24, 2.45) is 0 Å². The molecule has 0 bridgehead atoms. The number of hydrogen-bond acceptors (Lipinski definition) is 7. The van der Waals surface area contributed by atoms with Crippen molar-refractivity contribution in [2.45, 2.75) is 19.1 Å². The van der Waals surface area contributed by atoms with Gasteiger partial charge in [-0.1, -0.05) is 30.3 Å². The number of aromatic nitrogens is 2. The lowest BCUT2D eigenvalue weighted by Gasteiger charge is -2.36. The Balaban J connectivity index is 1.83. The molecule has 1 aromatic carbocycles. The van der Waals surface area contributed by atoms with Crippen molar-refractivity contribution in [2.75, 3.05) is 43.5 Å². The van der Waals surface area contributed by atoms with Crippen molar-refractivity contribution in [1.29, 1.82) is 0 Å². The van der Waals surface area contributed by atoms with Gasteiger partial charge in [-0.05, 0) is 12.5 Å². The number of nitrogens with two attached hydrogens (primary N) is 1. The maximum atomic E-state index is 6.09. The fourth-order valence-corrected chi connectivity index (χ4v) is 3.19. The van der Waals surface area contributed by atoms with Crippen LogP contribution in [0.3, 0.4) is 0 Å². The van der Waals surface area contributed by atoms with E-state index in [0.29, 0.717) is 25.1 Å². The van der Waals surface area contributed by atoms with E-state index in [1.54, 1.807) is 0 Å². The first-order valence-corrected chi connectivity index (χ1v) is 8.67. The van der Waals surface area contributed by atoms with E-state index in [9.17, 15) is 0 Å². The van der Waals surface area contributed by atoms with E-state index in [1.807, 2.05) is 18.2 Å². The zero-order valence-electron chi connectivity index (χ0n) is 14.3. The standard InChI is InChI=1S/C18H23N5O2/c1-12-9-20-7-8-23(12)16-15(13-5-3-2-4-6-13)17(22-18(19)21-16)25-14-10-24-11-14/h2-6,12,14,20H,7-11H2,1H3,(H2,19,21,22). The van der Waals surface area contributed by atoms with E-state index >= 15 is 0 Å². The van der Waals surface area contributed by atoms with Crippen LogP contribution in [0.5, 0.6) is 5.88 Å². The molecule has 3 heterocycles. The van der Waals surface area contributed by atoms with Gasteiger partial charge in [-0.2, -0.15) is 9.97 Å². The first-order valence-electron chi connectivity index (χ1n) is 8.67. The molecule has 0 radical (unpaired) electrons. The lowest BCUT2D eigenvalue weighted by atomic mass is 10.1. The molecule has 0 aliphatic carbocycles. The third kappa shape index (κ3) is 3.25. The van der Waals surface area contributed by atoms with E-state index in [2.05, 4.69) is 39.2 Å². The van der Waals surface area contributed by atoms with Crippen LogP contribution in [0.1, 0.15) is 6.92 Å². The van der Waals surface area contributed by atoms with Gasteiger partial charge in [0.25, 0.3) is 0 Å². The topological polar surface area (TPSA) is 85.5 Å². The normalized spacial score (nSPS) is 21.0. The van der Waals surface area contributed by atoms with Crippen LogP contribution >= 0.6 is 0 Å². The predicted molar refractivity (Wildman–Crippen MR) is 96.8 cm³/mol. The Morgan fingerprint density at radius 2 is 2.04 bits per heavy atom. The summed E-state index contributed by atoms with van der Waals surface area (Å²) < 4.78 is 11.3. The van der Waals surface area contributed by atoms with Gasteiger partial charge in [0.2, 0.25) is 11.8 Å². The summed E-state index contributed by atoms with van der Waals surface area (Å²) in [6, 6.07) is 10.4. The average Bonchev–Trinajstić information content (AvgIpc) is 2.59. The van der Waals surface area contributed by atoms with Gasteiger partial charge in [-0.15, -0.1) is 0 Å². The summed E-state index contributed by atoms with van der Waals surface area (Å²) >= 11 is 0. The molecule has 7 heteroatoms. The molecule has 2 saturated heterocycles. The Hall–Kier alpha value is -2.38. The molecule has 0 saturated carbocycles. The van der Waals surface area contributed by atoms with E-state index in [0.717, 1.165) is 36.6 Å². The van der Waals surface area contributed by atoms with Crippen LogP contribution in [0, 0.1) is 0 Å². The van der Waals surface area contributed by atoms with Gasteiger partial charge in [0.1, 0.15) is 11.9 Å². The van der Waals surface area contributed by atoms with Crippen LogP contribution in [-0.4, -0.2) is 55.0 Å². The van der Waals surface area contributed by atoms with Gasteiger partial charge in [-0.3, -0.25) is 0 Å². The highest BCUT2D eigenvalue weighted by molar-refractivity contribution is 5.81. The molecule has 3 N–H and O–H groups in total. The Bertz CT molecular complexity index is 736. The monoisotopic (exact) mass is 341 g/mol. The fourth-order valence-electron chi connectivity index (χ4n) is 3.19. The molecule has 2 aromatic rings. The molecule has 4 rings (SSSR count). The van der Waals surface area contributed by atoms with Crippen molar-refractivity contribution in [3.8, 4) is 17.0 Å². The molecule has 2 aliphatic heterocycles. The SMILES string of the molecule is CC1CNCCN1c1nc(N)nc(OC2COC2)c1-c1ccccc1. The number of piperazine rings is 1. The van der Waals surface area contributed by atoms with E-state index < -0.39 is 0 Å². The zero-order valence-corrected chi connectivity index (χ0v) is 14.3. The Labute approximate surface area is 147 Å². The van der Waals surface area contributed by atoms with Gasteiger partial charge < -0.3 is 25.4 Å². The number of ether oxygens (including phenoxy) is 2. The third-order valence-corrected chi connectivity index (χ3v) is 4.60. The summed E-state index contributed by atoms with van der Waals surface area (Å²) in [6.45, 7) is 6.03. The van der Waals surface area contributed by atoms with Crippen LogP contribution in [0.4, 0.5) is 11.8 Å². The molecule has 132 valence electrons. The van der Waals surface area contributed by atoms with Crippen molar-refractivity contribution in [1.82, 2.24) is 15.3 Å². The minimum atomic E-state index is 0.0186. The average molecular weight is 341 g/mol. The third-order valence-electron chi connectivity index (χ3n) is 4.60. The summed E-state index contributed by atoms with van der Waals surface area (Å²) in [4.78, 5) is 11.3. The maximum Gasteiger partial charge on any atom is 0.228 e. The summed E-state index contributed by atoms with van der Waals surface area (Å²) in [5.41, 5.74) is 7.94. The summed E-state index contributed by atoms with van der Waals surface area (Å²) in [6.07, 6.45) is 0.0186. The molecule has 7 nitrogen and oxygen atoms in total. The second-order valence-electron chi connectivity index (χ2n) is 6.48. The van der Waals surface area contributed by atoms with Crippen LogP contribution < -0.4 is 20.7 Å². The maximum absolute atomic E-state index is 6.09. The molecule has 2 aliphatic rings. The number of nitrogens with zero attached hydrogens (tertiary/aromatic N) is 3. The van der Waals surface area contributed by atoms with Crippen LogP contribution in [0.2, 0.25) is 0 Å². The molecule has 1 aromatic heterocycles. The quantitative estimate of drug-likeness (QED) is 0.867. The molecule has 0 spiro atoms. The number of nitrogen functional groups attached to an aromatic ring is 1. The smallest absolute Gasteiger partial charge is 0.228 e. The zero-order chi connectivity index (χ0) is 17.2. The molecular weight excluding hydrogens is 318 g/mol. The van der Waals surface area contributed by atoms with Crippen molar-refractivity contribution in [3.63, 3.8) is 0 Å². The second-order valence-corrected chi connectivity index (χ2v) is 6.48. The Morgan fingerprint density at radius 3 is 2.72 bits per heavy atom. The molecule has 25 heavy (non-hydrogen) atoms. The Morgan fingerprint density at radius 1 is 1.24 bits per heavy atom. The van der Waals surface area contributed by atoms with Crippen molar-refractivity contribution in [3.05, 3.63) is 30.3 Å². The molecular formula is C18H23N5O2. The van der Waals surface area contributed by atoms with Crippen molar-refractivity contribution < 1.29 is 9.47 Å². The molecule has 0 amide bonds. The fraction of sp³-hybridized carbons (Fsp3) is 0.444. The van der Waals surface area contributed by atoms with Crippen LogP contribution in [-0.2, 0) is 4.74 Å². The highest BCUT2D eigenvalue weighted by Gasteiger charge is 2.29. The summed E-state index contributed by atoms with van der Waals surface area (Å²) in [5.74, 6) is 1.60.